The average molecular weight is 389 g/mol. The van der Waals surface area contributed by atoms with Gasteiger partial charge in [0, 0.05) is 6.54 Å². The summed E-state index contributed by atoms with van der Waals surface area (Å²) >= 11 is 0. The molecule has 0 spiro atoms. The van der Waals surface area contributed by atoms with Crippen molar-refractivity contribution < 1.29 is 23.9 Å². The quantitative estimate of drug-likeness (QED) is 0.521. The lowest BCUT2D eigenvalue weighted by Crippen LogP contribution is -2.45. The van der Waals surface area contributed by atoms with Crippen molar-refractivity contribution in [1.29, 1.82) is 0 Å². The van der Waals surface area contributed by atoms with Crippen molar-refractivity contribution in [3.8, 4) is 0 Å². The van der Waals surface area contributed by atoms with Crippen LogP contribution in [0.3, 0.4) is 0 Å². The largest absolute Gasteiger partial charge is 0.465 e. The Morgan fingerprint density at radius 3 is 2.43 bits per heavy atom. The lowest BCUT2D eigenvalue weighted by Gasteiger charge is -2.22. The maximum Gasteiger partial charge on any atom is 0.337 e. The van der Waals surface area contributed by atoms with E-state index in [1.807, 2.05) is 13.8 Å². The first-order valence-corrected chi connectivity index (χ1v) is 9.24. The predicted molar refractivity (Wildman–Crippen MR) is 102 cm³/mol. The molecule has 8 nitrogen and oxygen atoms in total. The molecule has 1 heterocycles. The van der Waals surface area contributed by atoms with Crippen LogP contribution in [-0.2, 0) is 20.9 Å². The summed E-state index contributed by atoms with van der Waals surface area (Å²) in [4.78, 5) is 49.3. The van der Waals surface area contributed by atoms with Gasteiger partial charge in [0.05, 0.1) is 12.7 Å². The van der Waals surface area contributed by atoms with Crippen LogP contribution in [0.1, 0.15) is 49.5 Å². The van der Waals surface area contributed by atoms with Crippen LogP contribution >= 0.6 is 0 Å². The molecule has 152 valence electrons. The highest BCUT2D eigenvalue weighted by molar-refractivity contribution is 6.08. The van der Waals surface area contributed by atoms with E-state index < -0.39 is 23.4 Å². The number of methoxy groups -OCH3 is 1. The number of ether oxygens (including phenoxy) is 1. The number of nitrogens with zero attached hydrogens (tertiary/aromatic N) is 1. The summed E-state index contributed by atoms with van der Waals surface area (Å²) in [7, 11) is 1.31. The molecule has 0 bridgehead atoms. The van der Waals surface area contributed by atoms with Gasteiger partial charge in [-0.3, -0.25) is 14.5 Å². The second-order valence-corrected chi connectivity index (χ2v) is 7.55. The normalized spacial score (nSPS) is 19.0. The van der Waals surface area contributed by atoms with E-state index in [0.717, 1.165) is 16.9 Å². The second-order valence-electron chi connectivity index (χ2n) is 7.55. The number of imide groups is 1. The van der Waals surface area contributed by atoms with E-state index in [9.17, 15) is 19.2 Å². The molecule has 4 amide bonds. The number of carbonyl (C=O) groups is 4. The topological polar surface area (TPSA) is 105 Å². The van der Waals surface area contributed by atoms with Crippen LogP contribution in [0.25, 0.3) is 0 Å². The third kappa shape index (κ3) is 5.09. The van der Waals surface area contributed by atoms with E-state index in [0.29, 0.717) is 17.9 Å². The van der Waals surface area contributed by atoms with Crippen LogP contribution in [0.2, 0.25) is 0 Å². The molecule has 1 fully saturated rings. The Hall–Kier alpha value is -2.90. The van der Waals surface area contributed by atoms with Crippen molar-refractivity contribution in [3.63, 3.8) is 0 Å². The fourth-order valence-corrected chi connectivity index (χ4v) is 2.91. The van der Waals surface area contributed by atoms with Crippen LogP contribution in [0.15, 0.2) is 24.3 Å². The van der Waals surface area contributed by atoms with Crippen molar-refractivity contribution in [2.45, 2.75) is 45.7 Å². The number of nitrogens with one attached hydrogen (secondary N) is 2. The van der Waals surface area contributed by atoms with E-state index in [4.69, 9.17) is 0 Å². The Morgan fingerprint density at radius 1 is 1.21 bits per heavy atom. The summed E-state index contributed by atoms with van der Waals surface area (Å²) in [5, 5.41) is 5.38. The summed E-state index contributed by atoms with van der Waals surface area (Å²) in [6.45, 7) is 5.67. The van der Waals surface area contributed by atoms with E-state index in [2.05, 4.69) is 15.4 Å². The van der Waals surface area contributed by atoms with Crippen molar-refractivity contribution in [2.24, 2.45) is 5.92 Å². The Bertz CT molecular complexity index is 760. The predicted octanol–water partition coefficient (Wildman–Crippen LogP) is 1.84. The molecule has 8 heteroatoms. The van der Waals surface area contributed by atoms with Crippen molar-refractivity contribution in [1.82, 2.24) is 15.5 Å². The van der Waals surface area contributed by atoms with Crippen molar-refractivity contribution >= 4 is 23.8 Å². The Kier molecular flexibility index (Phi) is 6.77. The van der Waals surface area contributed by atoms with Gasteiger partial charge in [0.15, 0.2) is 0 Å². The number of hydrogen-bond acceptors (Lipinski definition) is 5. The molecule has 1 saturated heterocycles. The molecular weight excluding hydrogens is 362 g/mol. The van der Waals surface area contributed by atoms with Gasteiger partial charge in [-0.2, -0.15) is 0 Å². The maximum atomic E-state index is 12.6. The lowest BCUT2D eigenvalue weighted by molar-refractivity contribution is -0.134. The molecule has 28 heavy (non-hydrogen) atoms. The van der Waals surface area contributed by atoms with Gasteiger partial charge in [-0.05, 0) is 43.4 Å². The SMILES string of the molecule is COC(=O)c1ccc(CNC(=O)CN2C(=O)N[C@@](C)(CCC(C)C)C2=O)cc1. The van der Waals surface area contributed by atoms with Crippen LogP contribution < -0.4 is 10.6 Å². The standard InChI is InChI=1S/C20H27N3O5/c1-13(2)9-10-20(3)18(26)23(19(27)22-20)12-16(24)21-11-14-5-7-15(8-6-14)17(25)28-4/h5-8,13H,9-12H2,1-4H3,(H,21,24)(H,22,27)/t20-/m0/s1. The summed E-state index contributed by atoms with van der Waals surface area (Å²) in [5.41, 5.74) is 0.225. The number of esters is 1. The van der Waals surface area contributed by atoms with Crippen LogP contribution in [-0.4, -0.2) is 47.9 Å². The zero-order valence-corrected chi connectivity index (χ0v) is 16.7. The molecular formula is C20H27N3O5. The molecule has 2 N–H and O–H groups in total. The van der Waals surface area contributed by atoms with Gasteiger partial charge in [0.2, 0.25) is 5.91 Å². The minimum Gasteiger partial charge on any atom is -0.465 e. The van der Waals surface area contributed by atoms with E-state index >= 15 is 0 Å². The average Bonchev–Trinajstić information content (AvgIpc) is 2.88. The molecule has 1 aromatic rings. The van der Waals surface area contributed by atoms with Gasteiger partial charge >= 0.3 is 12.0 Å². The zero-order chi connectivity index (χ0) is 20.9. The molecule has 1 atom stereocenters. The number of carbonyl (C=O) groups excluding carboxylic acids is 4. The second kappa shape index (κ2) is 8.86. The number of rotatable bonds is 8. The first kappa shape index (κ1) is 21.4. The molecule has 1 aromatic carbocycles. The molecule has 0 saturated carbocycles. The highest BCUT2D eigenvalue weighted by atomic mass is 16.5. The molecule has 0 aliphatic carbocycles. The fraction of sp³-hybridized carbons (Fsp3) is 0.500. The molecule has 0 aromatic heterocycles. The lowest BCUT2D eigenvalue weighted by atomic mass is 9.92. The highest BCUT2D eigenvalue weighted by Gasteiger charge is 2.47. The summed E-state index contributed by atoms with van der Waals surface area (Å²) in [6.07, 6.45) is 1.32. The van der Waals surface area contributed by atoms with Gasteiger partial charge in [0.1, 0.15) is 12.1 Å². The van der Waals surface area contributed by atoms with Gasteiger partial charge in [0.25, 0.3) is 5.91 Å². The number of amides is 4. The maximum absolute atomic E-state index is 12.6. The van der Waals surface area contributed by atoms with Crippen LogP contribution in [0.4, 0.5) is 4.79 Å². The van der Waals surface area contributed by atoms with Crippen LogP contribution in [0, 0.1) is 5.92 Å². The first-order chi connectivity index (χ1) is 13.2. The smallest absolute Gasteiger partial charge is 0.337 e. The summed E-state index contributed by atoms with van der Waals surface area (Å²) < 4.78 is 4.63. The molecule has 1 aliphatic rings. The first-order valence-electron chi connectivity index (χ1n) is 9.24. The third-order valence-corrected chi connectivity index (χ3v) is 4.73. The Balaban J connectivity index is 1.89. The van der Waals surface area contributed by atoms with Crippen LogP contribution in [0.5, 0.6) is 0 Å². The minimum absolute atomic E-state index is 0.217. The fourth-order valence-electron chi connectivity index (χ4n) is 2.91. The van der Waals surface area contributed by atoms with E-state index in [1.165, 1.54) is 7.11 Å². The number of benzene rings is 1. The molecule has 2 rings (SSSR count). The molecule has 0 unspecified atom stereocenters. The van der Waals surface area contributed by atoms with Gasteiger partial charge in [-0.1, -0.05) is 26.0 Å². The zero-order valence-electron chi connectivity index (χ0n) is 16.7. The van der Waals surface area contributed by atoms with Gasteiger partial charge < -0.3 is 15.4 Å². The number of urea groups is 1. The van der Waals surface area contributed by atoms with Crippen molar-refractivity contribution in [3.05, 3.63) is 35.4 Å². The Morgan fingerprint density at radius 2 is 1.86 bits per heavy atom. The third-order valence-electron chi connectivity index (χ3n) is 4.73. The molecule has 1 aliphatic heterocycles. The monoisotopic (exact) mass is 389 g/mol. The van der Waals surface area contributed by atoms with E-state index in [-0.39, 0.29) is 19.0 Å². The van der Waals surface area contributed by atoms with Gasteiger partial charge in [-0.15, -0.1) is 0 Å². The van der Waals surface area contributed by atoms with E-state index in [1.54, 1.807) is 31.2 Å². The summed E-state index contributed by atoms with van der Waals surface area (Å²) in [6, 6.07) is 6.05. The van der Waals surface area contributed by atoms with Crippen molar-refractivity contribution in [2.75, 3.05) is 13.7 Å². The minimum atomic E-state index is -0.967. The Labute approximate surface area is 164 Å². The number of hydrogen-bond donors (Lipinski definition) is 2. The van der Waals surface area contributed by atoms with Gasteiger partial charge in [-0.25, -0.2) is 9.59 Å². The summed E-state index contributed by atoms with van der Waals surface area (Å²) in [5.74, 6) is -0.844. The molecule has 0 radical (unpaired) electrons. The highest BCUT2D eigenvalue weighted by Crippen LogP contribution is 2.24.